The maximum atomic E-state index is 12.7. The van der Waals surface area contributed by atoms with Gasteiger partial charge in [-0.3, -0.25) is 9.78 Å². The molecule has 4 rings (SSSR count). The molecule has 0 aliphatic carbocycles. The van der Waals surface area contributed by atoms with E-state index in [0.717, 1.165) is 23.0 Å². The maximum absolute atomic E-state index is 12.7. The number of aromatic nitrogens is 2. The standard InChI is InChI=1S/C21H19F3N4O/c22-21(23,24)15-5-6-18(26-13-15)28-11-8-16(9-12-28)27-20(29)19-17-4-2-1-3-14(17)7-10-25-19/h1-7,10,13,16H,8-9,11-12H2,(H,27,29). The molecule has 3 aromatic rings. The first-order valence-electron chi connectivity index (χ1n) is 9.34. The molecule has 0 atom stereocenters. The summed E-state index contributed by atoms with van der Waals surface area (Å²) in [5.41, 5.74) is -0.360. The molecule has 8 heteroatoms. The number of rotatable bonds is 3. The van der Waals surface area contributed by atoms with Crippen LogP contribution in [0.3, 0.4) is 0 Å². The van der Waals surface area contributed by atoms with Crippen molar-refractivity contribution in [3.63, 3.8) is 0 Å². The lowest BCUT2D eigenvalue weighted by Crippen LogP contribution is -2.45. The van der Waals surface area contributed by atoms with Crippen LogP contribution in [-0.2, 0) is 6.18 Å². The van der Waals surface area contributed by atoms with E-state index in [1.807, 2.05) is 35.2 Å². The predicted molar refractivity (Wildman–Crippen MR) is 104 cm³/mol. The van der Waals surface area contributed by atoms with Gasteiger partial charge in [-0.05, 0) is 36.4 Å². The van der Waals surface area contributed by atoms with Gasteiger partial charge in [0.25, 0.3) is 5.91 Å². The maximum Gasteiger partial charge on any atom is 0.417 e. The normalized spacial score (nSPS) is 15.5. The highest BCUT2D eigenvalue weighted by atomic mass is 19.4. The summed E-state index contributed by atoms with van der Waals surface area (Å²) in [6, 6.07) is 11.9. The van der Waals surface area contributed by atoms with Gasteiger partial charge in [0.15, 0.2) is 0 Å². The number of anilines is 1. The van der Waals surface area contributed by atoms with Gasteiger partial charge in [-0.15, -0.1) is 0 Å². The molecule has 1 amide bonds. The Hall–Kier alpha value is -3.16. The summed E-state index contributed by atoms with van der Waals surface area (Å²) < 4.78 is 38.0. The van der Waals surface area contributed by atoms with Crippen LogP contribution in [-0.4, -0.2) is 35.0 Å². The van der Waals surface area contributed by atoms with Gasteiger partial charge in [0.2, 0.25) is 0 Å². The van der Waals surface area contributed by atoms with Crippen molar-refractivity contribution in [2.45, 2.75) is 25.1 Å². The summed E-state index contributed by atoms with van der Waals surface area (Å²) in [7, 11) is 0. The van der Waals surface area contributed by atoms with Crippen molar-refractivity contribution >= 4 is 22.5 Å². The molecule has 5 nitrogen and oxygen atoms in total. The molecular weight excluding hydrogens is 381 g/mol. The number of hydrogen-bond acceptors (Lipinski definition) is 4. The van der Waals surface area contributed by atoms with E-state index in [1.165, 1.54) is 6.07 Å². The van der Waals surface area contributed by atoms with Gasteiger partial charge < -0.3 is 10.2 Å². The summed E-state index contributed by atoms with van der Waals surface area (Å²) in [4.78, 5) is 22.8. The fourth-order valence-electron chi connectivity index (χ4n) is 3.55. The highest BCUT2D eigenvalue weighted by Gasteiger charge is 2.31. The van der Waals surface area contributed by atoms with Crippen molar-refractivity contribution in [1.82, 2.24) is 15.3 Å². The Labute approximate surface area is 165 Å². The van der Waals surface area contributed by atoms with Gasteiger partial charge in [-0.1, -0.05) is 24.3 Å². The summed E-state index contributed by atoms with van der Waals surface area (Å²) in [5, 5.41) is 4.79. The number of carbonyl (C=O) groups excluding carboxylic acids is 1. The van der Waals surface area contributed by atoms with Crippen LogP contribution >= 0.6 is 0 Å². The Morgan fingerprint density at radius 3 is 2.48 bits per heavy atom. The number of hydrogen-bond donors (Lipinski definition) is 1. The third kappa shape index (κ3) is 4.16. The summed E-state index contributed by atoms with van der Waals surface area (Å²) in [6.07, 6.45) is -0.553. The van der Waals surface area contributed by atoms with Crippen LogP contribution in [0.1, 0.15) is 28.9 Å². The molecule has 1 fully saturated rings. The molecule has 150 valence electrons. The van der Waals surface area contributed by atoms with E-state index in [-0.39, 0.29) is 11.9 Å². The number of piperidine rings is 1. The molecule has 1 aliphatic heterocycles. The van der Waals surface area contributed by atoms with Crippen LogP contribution in [0.25, 0.3) is 10.8 Å². The Morgan fingerprint density at radius 2 is 1.79 bits per heavy atom. The molecule has 1 aromatic carbocycles. The van der Waals surface area contributed by atoms with Crippen molar-refractivity contribution in [1.29, 1.82) is 0 Å². The second-order valence-electron chi connectivity index (χ2n) is 7.02. The summed E-state index contributed by atoms with van der Waals surface area (Å²) in [5.74, 6) is 0.298. The van der Waals surface area contributed by atoms with Gasteiger partial charge in [-0.2, -0.15) is 13.2 Å². The lowest BCUT2D eigenvalue weighted by molar-refractivity contribution is -0.137. The highest BCUT2D eigenvalue weighted by Crippen LogP contribution is 2.29. The molecule has 1 aliphatic rings. The number of nitrogens with one attached hydrogen (secondary N) is 1. The number of amides is 1. The van der Waals surface area contributed by atoms with E-state index < -0.39 is 11.7 Å². The Balaban J connectivity index is 1.38. The second kappa shape index (κ2) is 7.69. The molecule has 0 saturated carbocycles. The molecule has 3 heterocycles. The quantitative estimate of drug-likeness (QED) is 0.721. The Bertz CT molecular complexity index is 1010. The van der Waals surface area contributed by atoms with E-state index >= 15 is 0 Å². The van der Waals surface area contributed by atoms with Crippen LogP contribution in [0.5, 0.6) is 0 Å². The lowest BCUT2D eigenvalue weighted by Gasteiger charge is -2.33. The van der Waals surface area contributed by atoms with E-state index in [9.17, 15) is 18.0 Å². The largest absolute Gasteiger partial charge is 0.417 e. The van der Waals surface area contributed by atoms with Crippen LogP contribution in [0.4, 0.5) is 19.0 Å². The molecule has 0 spiro atoms. The van der Waals surface area contributed by atoms with Crippen molar-refractivity contribution in [2.75, 3.05) is 18.0 Å². The van der Waals surface area contributed by atoms with E-state index in [0.29, 0.717) is 37.4 Å². The van der Waals surface area contributed by atoms with Gasteiger partial charge in [0.1, 0.15) is 11.5 Å². The molecule has 1 N–H and O–H groups in total. The Kier molecular flexibility index (Phi) is 5.08. The minimum absolute atomic E-state index is 0.0195. The number of benzene rings is 1. The van der Waals surface area contributed by atoms with Crippen LogP contribution in [0, 0.1) is 0 Å². The summed E-state index contributed by atoms with van der Waals surface area (Å²) in [6.45, 7) is 1.21. The fourth-order valence-corrected chi connectivity index (χ4v) is 3.55. The predicted octanol–water partition coefficient (Wildman–Crippen LogP) is 4.05. The van der Waals surface area contributed by atoms with Crippen molar-refractivity contribution in [3.8, 4) is 0 Å². The van der Waals surface area contributed by atoms with Crippen molar-refractivity contribution in [2.24, 2.45) is 0 Å². The number of nitrogens with zero attached hydrogens (tertiary/aromatic N) is 3. The molecular formula is C21H19F3N4O. The average molecular weight is 400 g/mol. The first-order chi connectivity index (χ1) is 13.9. The third-order valence-corrected chi connectivity index (χ3v) is 5.12. The molecule has 2 aromatic heterocycles. The zero-order valence-corrected chi connectivity index (χ0v) is 15.5. The fraction of sp³-hybridized carbons (Fsp3) is 0.286. The topological polar surface area (TPSA) is 58.1 Å². The van der Waals surface area contributed by atoms with E-state index in [4.69, 9.17) is 0 Å². The first-order valence-corrected chi connectivity index (χ1v) is 9.34. The smallest absolute Gasteiger partial charge is 0.356 e. The number of alkyl halides is 3. The van der Waals surface area contributed by atoms with Crippen LogP contribution in [0.15, 0.2) is 54.9 Å². The van der Waals surface area contributed by atoms with Crippen molar-refractivity contribution in [3.05, 3.63) is 66.1 Å². The molecule has 1 saturated heterocycles. The first kappa shape index (κ1) is 19.2. The molecule has 0 radical (unpaired) electrons. The number of fused-ring (bicyclic) bond motifs is 1. The zero-order valence-electron chi connectivity index (χ0n) is 15.5. The summed E-state index contributed by atoms with van der Waals surface area (Å²) >= 11 is 0. The average Bonchev–Trinajstić information content (AvgIpc) is 2.73. The van der Waals surface area contributed by atoms with E-state index in [1.54, 1.807) is 6.20 Å². The highest BCUT2D eigenvalue weighted by molar-refractivity contribution is 6.05. The minimum atomic E-state index is -4.39. The SMILES string of the molecule is O=C(NC1CCN(c2ccc(C(F)(F)F)cn2)CC1)c1nccc2ccccc12. The van der Waals surface area contributed by atoms with Crippen LogP contribution < -0.4 is 10.2 Å². The van der Waals surface area contributed by atoms with Gasteiger partial charge in [-0.25, -0.2) is 4.98 Å². The van der Waals surface area contributed by atoms with Gasteiger partial charge >= 0.3 is 6.18 Å². The second-order valence-corrected chi connectivity index (χ2v) is 7.02. The zero-order chi connectivity index (χ0) is 20.4. The van der Waals surface area contributed by atoms with E-state index in [2.05, 4.69) is 15.3 Å². The number of halogens is 3. The van der Waals surface area contributed by atoms with Gasteiger partial charge in [0, 0.05) is 36.9 Å². The third-order valence-electron chi connectivity index (χ3n) is 5.12. The minimum Gasteiger partial charge on any atom is -0.356 e. The molecule has 29 heavy (non-hydrogen) atoms. The monoisotopic (exact) mass is 400 g/mol. The Morgan fingerprint density at radius 1 is 1.03 bits per heavy atom. The van der Waals surface area contributed by atoms with Gasteiger partial charge in [0.05, 0.1) is 5.56 Å². The number of pyridine rings is 2. The van der Waals surface area contributed by atoms with Crippen molar-refractivity contribution < 1.29 is 18.0 Å². The number of carbonyl (C=O) groups is 1. The molecule has 0 unspecified atom stereocenters. The van der Waals surface area contributed by atoms with Crippen LogP contribution in [0.2, 0.25) is 0 Å². The molecule has 0 bridgehead atoms. The lowest BCUT2D eigenvalue weighted by atomic mass is 10.0.